The number of rotatable bonds is 32. The Balaban J connectivity index is 3.27. The molecule has 26 nitrogen and oxygen atoms in total. The summed E-state index contributed by atoms with van der Waals surface area (Å²) >= 11 is 0. The monoisotopic (exact) mass is 968 g/mol. The first-order valence-corrected chi connectivity index (χ1v) is 23.1. The van der Waals surface area contributed by atoms with Crippen molar-refractivity contribution in [2.75, 3.05) is 26.2 Å². The zero-order chi connectivity index (χ0) is 51.7. The predicted molar refractivity (Wildman–Crippen MR) is 250 cm³/mol. The Hall–Kier alpha value is -6.15. The Bertz CT molecular complexity index is 1760. The number of hydrogen-bond donors (Lipinski definition) is 14. The summed E-state index contributed by atoms with van der Waals surface area (Å²) in [4.78, 5) is 136. The van der Waals surface area contributed by atoms with Crippen LogP contribution in [-0.4, -0.2) is 156 Å². The van der Waals surface area contributed by atoms with E-state index in [1.165, 1.54) is 25.7 Å². The molecule has 68 heavy (non-hydrogen) atoms. The van der Waals surface area contributed by atoms with Crippen molar-refractivity contribution in [2.45, 2.75) is 166 Å². The number of nitrogens with one attached hydrogen (secondary N) is 7. The minimum atomic E-state index is -1.45. The van der Waals surface area contributed by atoms with E-state index in [-0.39, 0.29) is 70.5 Å². The molecule has 1 heterocycles. The number of carbonyl (C=O) groups is 10. The summed E-state index contributed by atoms with van der Waals surface area (Å²) in [6.07, 6.45) is 2.67. The molecular formula is C42H77N15O11. The molecule has 1 fully saturated rings. The van der Waals surface area contributed by atoms with Gasteiger partial charge in [-0.3, -0.25) is 48.1 Å². The molecule has 26 heteroatoms. The van der Waals surface area contributed by atoms with Crippen LogP contribution in [0.5, 0.6) is 0 Å². The Kier molecular flexibility index (Phi) is 27.3. The molecule has 1 aliphatic heterocycles. The van der Waals surface area contributed by atoms with Crippen LogP contribution >= 0.6 is 0 Å². The molecule has 0 spiro atoms. The lowest BCUT2D eigenvalue weighted by atomic mass is 10.0. The number of aliphatic imine (C=N–C) groups is 1. The summed E-state index contributed by atoms with van der Waals surface area (Å²) in [6.45, 7) is 8.31. The van der Waals surface area contributed by atoms with Gasteiger partial charge in [0.1, 0.15) is 48.3 Å². The number of amides is 9. The first-order valence-electron chi connectivity index (χ1n) is 23.1. The Morgan fingerprint density at radius 1 is 0.603 bits per heavy atom. The maximum atomic E-state index is 14.1. The van der Waals surface area contributed by atoms with E-state index in [1.54, 1.807) is 13.8 Å². The van der Waals surface area contributed by atoms with Crippen LogP contribution in [0.15, 0.2) is 4.99 Å². The molecule has 0 aliphatic carbocycles. The van der Waals surface area contributed by atoms with Gasteiger partial charge in [0, 0.05) is 19.5 Å². The van der Waals surface area contributed by atoms with Crippen molar-refractivity contribution in [3.05, 3.63) is 0 Å². The first-order chi connectivity index (χ1) is 31.9. The second-order valence-corrected chi connectivity index (χ2v) is 17.3. The van der Waals surface area contributed by atoms with Crippen molar-refractivity contribution in [1.82, 2.24) is 42.1 Å². The lowest BCUT2D eigenvalue weighted by molar-refractivity contribution is -0.142. The number of carbonyl (C=O) groups excluding carboxylic acids is 9. The Labute approximate surface area is 397 Å². The van der Waals surface area contributed by atoms with Gasteiger partial charge in [-0.15, -0.1) is 0 Å². The number of nitrogens with two attached hydrogens (primary N) is 6. The van der Waals surface area contributed by atoms with Gasteiger partial charge in [0.05, 0.1) is 6.04 Å². The standard InChI is InChI=1S/C42H77N15O11/c1-22(2)32(39(65)51-24(4)34(60)50-25(5)35(61)55-29(41(67)68)16-17-31(46)58)56-37(63)26(12-6-8-18-43)52-36(62)27(14-10-20-49-42(47)48)53-38(64)30-15-11-21-57(30)40(66)28(13-7-9-19-44)54-33(59)23(3)45/h22-30,32H,6-21,43-45H2,1-5H3,(H2,46,58)(H,50,60)(H,51,65)(H,52,62)(H,53,64)(H,54,59)(H,55,61)(H,56,63)(H,67,68)(H4,47,48,49)/t23-,24-,25+,26-,27-,28-,29-,30-,32-/m0/s1. The van der Waals surface area contributed by atoms with E-state index < -0.39 is 119 Å². The lowest BCUT2D eigenvalue weighted by Gasteiger charge is -2.31. The minimum Gasteiger partial charge on any atom is -0.480 e. The van der Waals surface area contributed by atoms with E-state index in [4.69, 9.17) is 34.4 Å². The number of hydrogen-bond acceptors (Lipinski definition) is 14. The van der Waals surface area contributed by atoms with Gasteiger partial charge in [-0.05, 0) is 110 Å². The molecule has 0 unspecified atom stereocenters. The van der Waals surface area contributed by atoms with Crippen LogP contribution in [0.2, 0.25) is 0 Å². The number of aliphatic carboxylic acids is 1. The van der Waals surface area contributed by atoms with E-state index in [2.05, 4.69) is 42.2 Å². The van der Waals surface area contributed by atoms with Crippen molar-refractivity contribution in [2.24, 2.45) is 45.3 Å². The number of primary amides is 1. The quantitative estimate of drug-likeness (QED) is 0.0171. The zero-order valence-electron chi connectivity index (χ0n) is 40.0. The first kappa shape index (κ1) is 59.9. The molecule has 0 bridgehead atoms. The van der Waals surface area contributed by atoms with Crippen molar-refractivity contribution < 1.29 is 53.1 Å². The van der Waals surface area contributed by atoms with Crippen molar-refractivity contribution in [1.29, 1.82) is 0 Å². The fourth-order valence-corrected chi connectivity index (χ4v) is 7.03. The summed E-state index contributed by atoms with van der Waals surface area (Å²) in [5.74, 6) is -8.59. The van der Waals surface area contributed by atoms with Crippen LogP contribution in [0.4, 0.5) is 0 Å². The molecule has 386 valence electrons. The molecule has 0 saturated carbocycles. The number of carboxylic acids is 1. The molecule has 0 aromatic carbocycles. The number of carboxylic acid groups (broad SMARTS) is 1. The average Bonchev–Trinajstić information content (AvgIpc) is 3.76. The predicted octanol–water partition coefficient (Wildman–Crippen LogP) is -4.92. The molecule has 9 atom stereocenters. The van der Waals surface area contributed by atoms with Gasteiger partial charge in [0.15, 0.2) is 5.96 Å². The lowest BCUT2D eigenvalue weighted by Crippen LogP contribution is -2.60. The highest BCUT2D eigenvalue weighted by Gasteiger charge is 2.40. The smallest absolute Gasteiger partial charge is 0.326 e. The summed E-state index contributed by atoms with van der Waals surface area (Å²) in [5, 5.41) is 27.3. The van der Waals surface area contributed by atoms with Crippen molar-refractivity contribution >= 4 is 65.1 Å². The van der Waals surface area contributed by atoms with Gasteiger partial charge in [-0.25, -0.2) is 4.79 Å². The topological polar surface area (TPSA) is 447 Å². The normalized spacial score (nSPS) is 16.8. The van der Waals surface area contributed by atoms with Gasteiger partial charge >= 0.3 is 5.97 Å². The van der Waals surface area contributed by atoms with Crippen LogP contribution < -0.4 is 71.6 Å². The molecular weight excluding hydrogens is 891 g/mol. The van der Waals surface area contributed by atoms with Gasteiger partial charge in [0.25, 0.3) is 0 Å². The minimum absolute atomic E-state index is 0.00497. The summed E-state index contributed by atoms with van der Waals surface area (Å²) in [7, 11) is 0. The van der Waals surface area contributed by atoms with Gasteiger partial charge in [-0.2, -0.15) is 0 Å². The third kappa shape index (κ3) is 21.6. The van der Waals surface area contributed by atoms with E-state index in [1.807, 2.05) is 0 Å². The van der Waals surface area contributed by atoms with Crippen LogP contribution in [0.1, 0.15) is 112 Å². The molecule has 9 amide bonds. The highest BCUT2D eigenvalue weighted by Crippen LogP contribution is 2.21. The number of guanidine groups is 1. The molecule has 1 aliphatic rings. The van der Waals surface area contributed by atoms with Gasteiger partial charge < -0.3 is 81.6 Å². The van der Waals surface area contributed by atoms with E-state index in [0.29, 0.717) is 38.6 Å². The average molecular weight is 968 g/mol. The second-order valence-electron chi connectivity index (χ2n) is 17.3. The fourth-order valence-electron chi connectivity index (χ4n) is 7.03. The maximum absolute atomic E-state index is 14.1. The Morgan fingerprint density at radius 3 is 1.63 bits per heavy atom. The summed E-state index contributed by atoms with van der Waals surface area (Å²) in [6, 6.07) is -10.6. The van der Waals surface area contributed by atoms with Gasteiger partial charge in [0.2, 0.25) is 53.2 Å². The van der Waals surface area contributed by atoms with E-state index in [9.17, 15) is 53.1 Å². The number of nitrogens with zero attached hydrogens (tertiary/aromatic N) is 2. The second kappa shape index (κ2) is 31.0. The zero-order valence-corrected chi connectivity index (χ0v) is 40.0. The maximum Gasteiger partial charge on any atom is 0.326 e. The fraction of sp³-hybridized carbons (Fsp3) is 0.738. The SMILES string of the molecule is CC(C)[C@H](NC(=O)[C@H](CCCCN)NC(=O)[C@H](CCCN=C(N)N)NC(=O)[C@@H]1CCCN1C(=O)[C@H](CCCCN)NC(=O)[C@H](C)N)C(=O)N[C@@H](C)C(=O)N[C@H](C)C(=O)N[C@@H](CCC(N)=O)C(=O)O. The van der Waals surface area contributed by atoms with E-state index in [0.717, 1.165) is 0 Å². The largest absolute Gasteiger partial charge is 0.480 e. The molecule has 20 N–H and O–H groups in total. The summed E-state index contributed by atoms with van der Waals surface area (Å²) < 4.78 is 0. The third-order valence-electron chi connectivity index (χ3n) is 11.0. The molecule has 1 saturated heterocycles. The van der Waals surface area contributed by atoms with Crippen LogP contribution in [0.25, 0.3) is 0 Å². The highest BCUT2D eigenvalue weighted by atomic mass is 16.4. The van der Waals surface area contributed by atoms with Crippen molar-refractivity contribution in [3.63, 3.8) is 0 Å². The van der Waals surface area contributed by atoms with Crippen LogP contribution in [0.3, 0.4) is 0 Å². The number of likely N-dealkylation sites (tertiary alicyclic amines) is 1. The van der Waals surface area contributed by atoms with Crippen molar-refractivity contribution in [3.8, 4) is 0 Å². The molecule has 0 aromatic rings. The van der Waals surface area contributed by atoms with Crippen LogP contribution in [0, 0.1) is 5.92 Å². The summed E-state index contributed by atoms with van der Waals surface area (Å²) in [5.41, 5.74) is 33.2. The third-order valence-corrected chi connectivity index (χ3v) is 11.0. The Morgan fingerprint density at radius 2 is 1.10 bits per heavy atom. The highest BCUT2D eigenvalue weighted by molar-refractivity contribution is 5.98. The van der Waals surface area contributed by atoms with Gasteiger partial charge in [-0.1, -0.05) is 13.8 Å². The number of unbranched alkanes of at least 4 members (excludes halogenated alkanes) is 2. The van der Waals surface area contributed by atoms with Crippen LogP contribution in [-0.2, 0) is 47.9 Å². The molecule has 1 rings (SSSR count). The van der Waals surface area contributed by atoms with E-state index >= 15 is 0 Å². The molecule has 0 aromatic heterocycles. The molecule has 0 radical (unpaired) electrons.